The van der Waals surface area contributed by atoms with Crippen molar-refractivity contribution in [3.05, 3.63) is 6.42 Å². The molecule has 1 saturated heterocycles. The first-order chi connectivity index (χ1) is 13.0. The maximum Gasteiger partial charge on any atom is 0.265 e. The molecule has 0 spiro atoms. The Balaban J connectivity index is 0.00000420. The van der Waals surface area contributed by atoms with Crippen LogP contribution in [-0.2, 0) is 70.0 Å². The summed E-state index contributed by atoms with van der Waals surface area (Å²) in [5.41, 5.74) is 6.25. The van der Waals surface area contributed by atoms with Gasteiger partial charge in [0.25, 0.3) is 7.82 Å². The fraction of sp³-hybridized carbons (Fsp3) is 0.947. The van der Waals surface area contributed by atoms with Crippen LogP contribution < -0.4 is 10.6 Å². The van der Waals surface area contributed by atoms with E-state index in [-0.39, 0.29) is 97.6 Å². The summed E-state index contributed by atoms with van der Waals surface area (Å²) in [5.74, 6) is 0.0327. The molecule has 0 amide bonds. The van der Waals surface area contributed by atoms with Crippen molar-refractivity contribution in [3.63, 3.8) is 0 Å². The van der Waals surface area contributed by atoms with Crippen LogP contribution in [0.2, 0.25) is 0 Å². The minimum absolute atomic E-state index is 0. The van der Waals surface area contributed by atoms with E-state index < -0.39 is 20.0 Å². The monoisotopic (exact) mass is 789 g/mol. The van der Waals surface area contributed by atoms with Crippen LogP contribution in [0, 0.1) is 18.3 Å². The largest absolute Gasteiger partial charge is 0.756 e. The van der Waals surface area contributed by atoms with Gasteiger partial charge in [-0.15, -0.1) is 0 Å². The average molecular weight is 789 g/mol. The number of nitrogens with two attached hydrogens (primary N) is 1. The van der Waals surface area contributed by atoms with Crippen LogP contribution in [-0.4, -0.2) is 55.9 Å². The van der Waals surface area contributed by atoms with Crippen molar-refractivity contribution in [2.45, 2.75) is 90.6 Å². The molecule has 0 radical (unpaired) electrons. The second kappa shape index (κ2) is 13.9. The number of phosphoric acid groups is 1. The van der Waals surface area contributed by atoms with E-state index in [1.807, 2.05) is 41.5 Å². The van der Waals surface area contributed by atoms with Crippen molar-refractivity contribution >= 4 is 7.82 Å². The van der Waals surface area contributed by atoms with Gasteiger partial charge in [0.15, 0.2) is 0 Å². The first kappa shape index (κ1) is 31.3. The zero-order valence-corrected chi connectivity index (χ0v) is 25.4. The molecule has 178 valence electrons. The molecule has 1 heterocycles. The van der Waals surface area contributed by atoms with Crippen LogP contribution in [0.25, 0.3) is 0 Å². The van der Waals surface area contributed by atoms with Crippen molar-refractivity contribution < 1.29 is 74.8 Å². The molecule has 11 heteroatoms. The van der Waals surface area contributed by atoms with Crippen molar-refractivity contribution in [2.75, 3.05) is 13.2 Å². The molecule has 0 aromatic heterocycles. The van der Waals surface area contributed by atoms with Gasteiger partial charge in [-0.1, -0.05) is 20.0 Å². The van der Waals surface area contributed by atoms with Crippen molar-refractivity contribution in [2.24, 2.45) is 17.6 Å². The molecule has 1 aliphatic carbocycles. The number of hydrogen-bond acceptors (Lipinski definition) is 8. The van der Waals surface area contributed by atoms with E-state index in [2.05, 4.69) is 0 Å². The summed E-state index contributed by atoms with van der Waals surface area (Å²) in [4.78, 5) is 12.4. The summed E-state index contributed by atoms with van der Waals surface area (Å²) in [6, 6.07) is -0.183. The van der Waals surface area contributed by atoms with E-state index in [1.54, 1.807) is 6.42 Å². The minimum atomic E-state index is -4.54. The molecule has 2 aliphatic rings. The molecule has 2 N–H and O–H groups in total. The predicted molar refractivity (Wildman–Crippen MR) is 103 cm³/mol. The van der Waals surface area contributed by atoms with Gasteiger partial charge in [-0.05, 0) is 46.1 Å². The quantitative estimate of drug-likeness (QED) is 0.265. The number of ether oxygens (including phenoxy) is 3. The van der Waals surface area contributed by atoms with Gasteiger partial charge in [0.2, 0.25) is 0 Å². The molecule has 30 heavy (non-hydrogen) atoms. The van der Waals surface area contributed by atoms with Crippen molar-refractivity contribution in [1.82, 2.24) is 0 Å². The van der Waals surface area contributed by atoms with Crippen molar-refractivity contribution in [1.29, 1.82) is 0 Å². The number of hydrogen-bond donors (Lipinski definition) is 1. The normalized spacial score (nSPS) is 35.9. The van der Waals surface area contributed by atoms with Gasteiger partial charge in [0.05, 0.1) is 37.6 Å². The molecule has 2 rings (SSSR count). The summed E-state index contributed by atoms with van der Waals surface area (Å²) in [5, 5.41) is 0. The summed E-state index contributed by atoms with van der Waals surface area (Å²) in [7, 11) is -4.54. The van der Waals surface area contributed by atoms with Crippen LogP contribution >= 0.6 is 7.82 Å². The van der Waals surface area contributed by atoms with Crippen LogP contribution in [0.3, 0.4) is 0 Å². The van der Waals surface area contributed by atoms with Crippen LogP contribution in [0.4, 0.5) is 0 Å². The van der Waals surface area contributed by atoms with Gasteiger partial charge in [-0.25, -0.2) is 0 Å². The molecule has 1 saturated carbocycles. The zero-order chi connectivity index (χ0) is 21.1. The molecular formula is C19H36NO7PW2-2. The number of phosphoric ester groups is 1. The van der Waals surface area contributed by atoms with E-state index in [9.17, 15) is 9.46 Å². The van der Waals surface area contributed by atoms with E-state index in [0.29, 0.717) is 0 Å². The van der Waals surface area contributed by atoms with E-state index >= 15 is 0 Å². The van der Waals surface area contributed by atoms with E-state index in [0.717, 1.165) is 6.42 Å². The fourth-order valence-corrected chi connectivity index (χ4v) is 4.68. The van der Waals surface area contributed by atoms with Gasteiger partial charge in [0, 0.05) is 54.1 Å². The van der Waals surface area contributed by atoms with Crippen molar-refractivity contribution in [3.8, 4) is 0 Å². The zero-order valence-electron chi connectivity index (χ0n) is 18.6. The Bertz CT molecular complexity index is 541. The summed E-state index contributed by atoms with van der Waals surface area (Å²) in [6.45, 7) is 11.8. The Morgan fingerprint density at radius 1 is 1.17 bits per heavy atom. The molecule has 2 fully saturated rings. The third-order valence-corrected chi connectivity index (χ3v) is 6.13. The summed E-state index contributed by atoms with van der Waals surface area (Å²) < 4.78 is 40.1. The maximum absolute atomic E-state index is 12.4. The molecule has 0 aromatic rings. The molecule has 0 aromatic carbocycles. The van der Waals surface area contributed by atoms with E-state index in [4.69, 9.17) is 29.0 Å². The van der Waals surface area contributed by atoms with Crippen LogP contribution in [0.1, 0.15) is 48.0 Å². The second-order valence-electron chi connectivity index (χ2n) is 8.44. The minimum Gasteiger partial charge on any atom is -0.756 e. The van der Waals surface area contributed by atoms with Gasteiger partial charge < -0.3 is 33.9 Å². The maximum atomic E-state index is 12.4. The van der Waals surface area contributed by atoms with Gasteiger partial charge >= 0.3 is 0 Å². The molecule has 3 unspecified atom stereocenters. The summed E-state index contributed by atoms with van der Waals surface area (Å²) in [6.07, 6.45) is 0.958. The Labute approximate surface area is 209 Å². The van der Waals surface area contributed by atoms with Crippen LogP contribution in [0.5, 0.6) is 0 Å². The average Bonchev–Trinajstić information content (AvgIpc) is 3.02. The van der Waals surface area contributed by atoms with E-state index in [1.165, 1.54) is 0 Å². The van der Waals surface area contributed by atoms with Gasteiger partial charge in [0.1, 0.15) is 0 Å². The molecule has 8 atom stereocenters. The van der Waals surface area contributed by atoms with Gasteiger partial charge in [-0.3, -0.25) is 11.0 Å². The summed E-state index contributed by atoms with van der Waals surface area (Å²) >= 11 is 0. The fourth-order valence-electron chi connectivity index (χ4n) is 3.76. The number of rotatable bonds is 10. The Kier molecular flexibility index (Phi) is 14.5. The SMILES string of the molecule is CC(C)OC[C@H]1O[C@@H](C)[CH-][C@H]1OP(=O)([O-])OC[C@@H]1C(OC(C)C)C[C@H](C)C1N.[W].[W]. The Morgan fingerprint density at radius 3 is 2.37 bits per heavy atom. The third kappa shape index (κ3) is 9.67. The standard InChI is InChI=1S/C19H37NO7P.2W/c1-11(2)23-10-18-17(8-14(6)26-18)27-28(21,22)24-9-15-16(25-12(3)4)7-13(5)19(15)20;;/h8,11-19H,7,9-10,20H2,1-6H3,(H,21,22);;/q-1;;/p-1/t13-,14-,15+,16?,17+,18+,19?;;/m0../s1. The first-order valence-electron chi connectivity index (χ1n) is 10.2. The molecule has 8 nitrogen and oxygen atoms in total. The second-order valence-corrected chi connectivity index (χ2v) is 9.81. The first-order valence-corrected chi connectivity index (χ1v) is 11.6. The topological polar surface area (TPSA) is 112 Å². The Hall–Kier alpha value is 1.33. The predicted octanol–water partition coefficient (Wildman–Crippen LogP) is 2.05. The molecule has 1 aliphatic heterocycles. The Morgan fingerprint density at radius 2 is 1.80 bits per heavy atom. The van der Waals surface area contributed by atoms with Gasteiger partial charge in [-0.2, -0.15) is 0 Å². The third-order valence-electron chi connectivity index (χ3n) is 5.17. The van der Waals surface area contributed by atoms with Crippen LogP contribution in [0.15, 0.2) is 0 Å². The molecular weight excluding hydrogens is 753 g/mol. The molecule has 0 bridgehead atoms. The smallest absolute Gasteiger partial charge is 0.265 e.